The molecule has 0 aliphatic carbocycles. The molecule has 2 aromatic carbocycles. The summed E-state index contributed by atoms with van der Waals surface area (Å²) in [5, 5.41) is 0.538. The summed E-state index contributed by atoms with van der Waals surface area (Å²) in [4.78, 5) is 23.5. The van der Waals surface area contributed by atoms with Crippen molar-refractivity contribution in [3.63, 3.8) is 0 Å². The average molecular weight is 393 g/mol. The van der Waals surface area contributed by atoms with Crippen molar-refractivity contribution in [2.45, 2.75) is 24.0 Å². The first kappa shape index (κ1) is 17.3. The number of benzene rings is 2. The number of para-hydroxylation sites is 4. The third-order valence-corrected chi connectivity index (χ3v) is 5.91. The van der Waals surface area contributed by atoms with Crippen LogP contribution in [0.3, 0.4) is 0 Å². The van der Waals surface area contributed by atoms with Gasteiger partial charge in [0.05, 0.1) is 5.75 Å². The van der Waals surface area contributed by atoms with Crippen molar-refractivity contribution in [1.82, 2.24) is 14.9 Å². The maximum Gasteiger partial charge on any atom is 0.257 e. The van der Waals surface area contributed by atoms with Gasteiger partial charge in [0.25, 0.3) is 5.22 Å². The third kappa shape index (κ3) is 3.38. The molecule has 0 unspecified atom stereocenters. The number of piperidine rings is 1. The molecular formula is C21H19N3O3S. The number of fused-ring (bicyclic) bond motifs is 2. The quantitative estimate of drug-likeness (QED) is 0.477. The van der Waals surface area contributed by atoms with E-state index in [0.717, 1.165) is 54.0 Å². The highest BCUT2D eigenvalue weighted by Gasteiger charge is 2.27. The summed E-state index contributed by atoms with van der Waals surface area (Å²) in [5.41, 5.74) is 3.28. The number of hydrogen-bond acceptors (Lipinski definition) is 6. The lowest BCUT2D eigenvalue weighted by molar-refractivity contribution is -0.129. The Morgan fingerprint density at radius 1 is 0.964 bits per heavy atom. The molecule has 3 heterocycles. The van der Waals surface area contributed by atoms with Crippen molar-refractivity contribution < 1.29 is 13.6 Å². The molecule has 0 spiro atoms. The SMILES string of the molecule is O=C(CSc1nc2ccccc2o1)N1CCC(c2nc3ccccc3o2)CC1. The Labute approximate surface area is 165 Å². The number of rotatable bonds is 4. The molecule has 6 nitrogen and oxygen atoms in total. The minimum atomic E-state index is 0.114. The average Bonchev–Trinajstić information content (AvgIpc) is 3.35. The molecule has 0 saturated carbocycles. The fourth-order valence-electron chi connectivity index (χ4n) is 3.57. The van der Waals surface area contributed by atoms with Crippen LogP contribution in [0.4, 0.5) is 0 Å². The minimum absolute atomic E-state index is 0.114. The van der Waals surface area contributed by atoms with Gasteiger partial charge < -0.3 is 13.7 Å². The van der Waals surface area contributed by atoms with Crippen molar-refractivity contribution >= 4 is 39.9 Å². The van der Waals surface area contributed by atoms with Crippen LogP contribution in [0.1, 0.15) is 24.7 Å². The van der Waals surface area contributed by atoms with Crippen LogP contribution in [0, 0.1) is 0 Å². The van der Waals surface area contributed by atoms with E-state index in [-0.39, 0.29) is 11.8 Å². The number of oxazole rings is 2. The summed E-state index contributed by atoms with van der Waals surface area (Å²) in [6.07, 6.45) is 1.73. The van der Waals surface area contributed by atoms with Gasteiger partial charge in [-0.15, -0.1) is 0 Å². The van der Waals surface area contributed by atoms with Gasteiger partial charge in [0.2, 0.25) is 5.91 Å². The number of carbonyl (C=O) groups is 1. The van der Waals surface area contributed by atoms with E-state index >= 15 is 0 Å². The molecule has 7 heteroatoms. The summed E-state index contributed by atoms with van der Waals surface area (Å²) in [7, 11) is 0. The first-order valence-corrected chi connectivity index (χ1v) is 10.4. The molecule has 4 aromatic rings. The Hall–Kier alpha value is -2.80. The van der Waals surface area contributed by atoms with E-state index in [4.69, 9.17) is 8.83 Å². The van der Waals surface area contributed by atoms with Gasteiger partial charge in [-0.05, 0) is 37.1 Å². The van der Waals surface area contributed by atoms with Crippen LogP contribution in [-0.4, -0.2) is 39.6 Å². The van der Waals surface area contributed by atoms with Crippen molar-refractivity contribution in [2.24, 2.45) is 0 Å². The van der Waals surface area contributed by atoms with Crippen molar-refractivity contribution in [1.29, 1.82) is 0 Å². The molecule has 0 N–H and O–H groups in total. The van der Waals surface area contributed by atoms with Crippen molar-refractivity contribution in [3.8, 4) is 0 Å². The molecule has 0 atom stereocenters. The van der Waals surface area contributed by atoms with E-state index in [1.54, 1.807) is 0 Å². The summed E-state index contributed by atoms with van der Waals surface area (Å²) in [5.74, 6) is 1.50. The van der Waals surface area contributed by atoms with Crippen molar-refractivity contribution in [2.75, 3.05) is 18.8 Å². The number of nitrogens with zero attached hydrogens (tertiary/aromatic N) is 3. The highest BCUT2D eigenvalue weighted by atomic mass is 32.2. The molecule has 1 aliphatic rings. The second-order valence-electron chi connectivity index (χ2n) is 6.91. The third-order valence-electron chi connectivity index (χ3n) is 5.10. The van der Waals surface area contributed by atoms with Gasteiger partial charge in [0.15, 0.2) is 17.1 Å². The van der Waals surface area contributed by atoms with E-state index in [9.17, 15) is 4.79 Å². The lowest BCUT2D eigenvalue weighted by Gasteiger charge is -2.30. The zero-order valence-electron chi connectivity index (χ0n) is 15.2. The second-order valence-corrected chi connectivity index (χ2v) is 7.84. The highest BCUT2D eigenvalue weighted by molar-refractivity contribution is 7.99. The second kappa shape index (κ2) is 7.31. The number of amides is 1. The molecule has 1 aliphatic heterocycles. The van der Waals surface area contributed by atoms with Gasteiger partial charge in [-0.1, -0.05) is 36.0 Å². The van der Waals surface area contributed by atoms with Crippen LogP contribution in [0.25, 0.3) is 22.2 Å². The fourth-order valence-corrected chi connectivity index (χ4v) is 4.31. The summed E-state index contributed by atoms with van der Waals surface area (Å²) in [6, 6.07) is 15.4. The van der Waals surface area contributed by atoms with E-state index in [1.807, 2.05) is 53.4 Å². The molecule has 142 valence electrons. The Morgan fingerprint density at radius 2 is 1.61 bits per heavy atom. The summed E-state index contributed by atoms with van der Waals surface area (Å²) >= 11 is 1.35. The lowest BCUT2D eigenvalue weighted by atomic mass is 9.97. The van der Waals surface area contributed by atoms with E-state index in [0.29, 0.717) is 11.0 Å². The monoisotopic (exact) mass is 393 g/mol. The topological polar surface area (TPSA) is 72.4 Å². The van der Waals surface area contributed by atoms with Crippen LogP contribution in [0.2, 0.25) is 0 Å². The first-order chi connectivity index (χ1) is 13.8. The molecule has 1 fully saturated rings. The Bertz CT molecular complexity index is 1060. The van der Waals surface area contributed by atoms with Gasteiger partial charge in [-0.2, -0.15) is 0 Å². The van der Waals surface area contributed by atoms with Gasteiger partial charge in [0.1, 0.15) is 11.0 Å². The standard InChI is InChI=1S/C21H19N3O3S/c25-19(13-28-21-23-16-6-2-4-8-18(16)27-21)24-11-9-14(10-12-24)20-22-15-5-1-3-7-17(15)26-20/h1-8,14H,9-13H2. The van der Waals surface area contributed by atoms with Crippen LogP contribution in [0.5, 0.6) is 0 Å². The van der Waals surface area contributed by atoms with Crippen LogP contribution < -0.4 is 0 Å². The largest absolute Gasteiger partial charge is 0.440 e. The van der Waals surface area contributed by atoms with Crippen LogP contribution in [0.15, 0.2) is 62.6 Å². The number of carbonyl (C=O) groups excluding carboxylic acids is 1. The van der Waals surface area contributed by atoms with E-state index in [2.05, 4.69) is 9.97 Å². The molecule has 1 saturated heterocycles. The molecule has 28 heavy (non-hydrogen) atoms. The first-order valence-electron chi connectivity index (χ1n) is 9.38. The summed E-state index contributed by atoms with van der Waals surface area (Å²) in [6.45, 7) is 1.44. The normalized spacial score (nSPS) is 15.5. The van der Waals surface area contributed by atoms with Gasteiger partial charge in [0, 0.05) is 19.0 Å². The molecule has 0 radical (unpaired) electrons. The Kier molecular flexibility index (Phi) is 4.52. The Morgan fingerprint density at radius 3 is 2.29 bits per heavy atom. The van der Waals surface area contributed by atoms with Crippen LogP contribution >= 0.6 is 11.8 Å². The van der Waals surface area contributed by atoms with E-state index in [1.165, 1.54) is 11.8 Å². The predicted octanol–water partition coefficient (Wildman–Crippen LogP) is 4.47. The van der Waals surface area contributed by atoms with Gasteiger partial charge in [-0.25, -0.2) is 9.97 Å². The van der Waals surface area contributed by atoms with E-state index < -0.39 is 0 Å². The summed E-state index contributed by atoms with van der Waals surface area (Å²) < 4.78 is 11.6. The van der Waals surface area contributed by atoms with Gasteiger partial charge in [-0.3, -0.25) is 4.79 Å². The Balaban J connectivity index is 1.17. The molecule has 1 amide bonds. The van der Waals surface area contributed by atoms with Crippen molar-refractivity contribution in [3.05, 3.63) is 54.4 Å². The molecule has 2 aromatic heterocycles. The van der Waals surface area contributed by atoms with Crippen LogP contribution in [-0.2, 0) is 4.79 Å². The minimum Gasteiger partial charge on any atom is -0.440 e. The zero-order chi connectivity index (χ0) is 18.9. The number of aromatic nitrogens is 2. The maximum absolute atomic E-state index is 12.6. The van der Waals surface area contributed by atoms with Gasteiger partial charge >= 0.3 is 0 Å². The number of hydrogen-bond donors (Lipinski definition) is 0. The number of likely N-dealkylation sites (tertiary alicyclic amines) is 1. The molecular weight excluding hydrogens is 374 g/mol. The lowest BCUT2D eigenvalue weighted by Crippen LogP contribution is -2.39. The zero-order valence-corrected chi connectivity index (χ0v) is 16.0. The fraction of sp³-hybridized carbons (Fsp3) is 0.286. The molecule has 5 rings (SSSR count). The predicted molar refractivity (Wildman–Crippen MR) is 107 cm³/mol. The number of thioether (sulfide) groups is 1. The molecule has 0 bridgehead atoms. The smallest absolute Gasteiger partial charge is 0.257 e. The maximum atomic E-state index is 12.6. The highest BCUT2D eigenvalue weighted by Crippen LogP contribution is 2.30.